The van der Waals surface area contributed by atoms with Crippen molar-refractivity contribution in [3.8, 4) is 0 Å². The summed E-state index contributed by atoms with van der Waals surface area (Å²) in [6.45, 7) is 5.09. The summed E-state index contributed by atoms with van der Waals surface area (Å²) < 4.78 is 0. The largest absolute Gasteiger partial charge is 0.393 e. The maximum Gasteiger partial charge on any atom is 0.0543 e. The Labute approximate surface area is 123 Å². The first-order chi connectivity index (χ1) is 9.53. The van der Waals surface area contributed by atoms with Crippen LogP contribution in [0.15, 0.2) is 12.2 Å². The first-order valence-corrected chi connectivity index (χ1v) is 8.89. The first kappa shape index (κ1) is 13.4. The van der Waals surface area contributed by atoms with E-state index in [4.69, 9.17) is 0 Å². The van der Waals surface area contributed by atoms with Crippen molar-refractivity contribution in [2.24, 2.45) is 34.5 Å². The van der Waals surface area contributed by atoms with E-state index in [1.165, 1.54) is 38.5 Å². The smallest absolute Gasteiger partial charge is 0.0543 e. The Bertz CT molecular complexity index is 427. The molecule has 1 nitrogen and oxygen atoms in total. The second kappa shape index (κ2) is 4.35. The van der Waals surface area contributed by atoms with Crippen molar-refractivity contribution in [2.75, 3.05) is 0 Å². The molecule has 1 heteroatoms. The molecule has 0 saturated heterocycles. The van der Waals surface area contributed by atoms with Crippen molar-refractivity contribution in [1.29, 1.82) is 0 Å². The average Bonchev–Trinajstić information content (AvgIpc) is 2.81. The molecule has 112 valence electrons. The van der Waals surface area contributed by atoms with E-state index in [0.29, 0.717) is 10.8 Å². The number of hydrogen-bond acceptors (Lipinski definition) is 1. The van der Waals surface area contributed by atoms with Crippen LogP contribution in [0.25, 0.3) is 0 Å². The Balaban J connectivity index is 1.63. The number of fused-ring (bicyclic) bond motifs is 5. The van der Waals surface area contributed by atoms with Crippen molar-refractivity contribution in [3.63, 3.8) is 0 Å². The van der Waals surface area contributed by atoms with Crippen molar-refractivity contribution in [2.45, 2.75) is 71.3 Å². The molecule has 0 aliphatic heterocycles. The summed E-state index contributed by atoms with van der Waals surface area (Å²) in [4.78, 5) is 0. The van der Waals surface area contributed by atoms with E-state index >= 15 is 0 Å². The fourth-order valence-corrected chi connectivity index (χ4v) is 6.72. The molecule has 0 heterocycles. The molecule has 0 aromatic carbocycles. The highest BCUT2D eigenvalue weighted by molar-refractivity contribution is 5.16. The number of hydrogen-bond donors (Lipinski definition) is 1. The third kappa shape index (κ3) is 1.71. The van der Waals surface area contributed by atoms with Gasteiger partial charge in [-0.3, -0.25) is 0 Å². The highest BCUT2D eigenvalue weighted by atomic mass is 16.3. The lowest BCUT2D eigenvalue weighted by molar-refractivity contribution is -0.116. The molecule has 4 aliphatic carbocycles. The normalized spacial score (nSPS) is 57.9. The van der Waals surface area contributed by atoms with E-state index in [1.807, 2.05) is 0 Å². The van der Waals surface area contributed by atoms with Gasteiger partial charge in [0.2, 0.25) is 0 Å². The maximum absolute atomic E-state index is 10.0. The lowest BCUT2D eigenvalue weighted by Gasteiger charge is -2.60. The first-order valence-electron chi connectivity index (χ1n) is 8.89. The summed E-state index contributed by atoms with van der Waals surface area (Å²) in [5.74, 6) is 3.61. The Morgan fingerprint density at radius 1 is 1.00 bits per heavy atom. The molecule has 0 radical (unpaired) electrons. The number of rotatable bonds is 0. The quantitative estimate of drug-likeness (QED) is 0.642. The lowest BCUT2D eigenvalue weighted by Crippen LogP contribution is -2.53. The number of aliphatic hydroxyl groups excluding tert-OH is 1. The van der Waals surface area contributed by atoms with E-state index in [9.17, 15) is 5.11 Å². The van der Waals surface area contributed by atoms with Crippen molar-refractivity contribution < 1.29 is 5.11 Å². The van der Waals surface area contributed by atoms with Gasteiger partial charge >= 0.3 is 0 Å². The molecule has 0 aromatic heterocycles. The topological polar surface area (TPSA) is 20.2 Å². The van der Waals surface area contributed by atoms with Gasteiger partial charge < -0.3 is 5.11 Å². The van der Waals surface area contributed by atoms with Crippen molar-refractivity contribution in [3.05, 3.63) is 12.2 Å². The third-order valence-electron chi connectivity index (χ3n) is 7.96. The van der Waals surface area contributed by atoms with Crippen LogP contribution in [0.4, 0.5) is 0 Å². The summed E-state index contributed by atoms with van der Waals surface area (Å²) in [6.07, 6.45) is 15.4. The van der Waals surface area contributed by atoms with Crippen LogP contribution in [-0.4, -0.2) is 11.2 Å². The SMILES string of the molecule is C[C@@]12C=CCC1C1CC[C@H]3C[C@H](O)CC[C@]3(C)C1CC2. The zero-order valence-electron chi connectivity index (χ0n) is 13.1. The van der Waals surface area contributed by atoms with Gasteiger partial charge in [-0.1, -0.05) is 26.0 Å². The molecule has 3 saturated carbocycles. The van der Waals surface area contributed by atoms with Crippen LogP contribution in [-0.2, 0) is 0 Å². The van der Waals surface area contributed by atoms with Gasteiger partial charge in [0, 0.05) is 0 Å². The molecule has 1 N–H and O–H groups in total. The molecule has 7 atom stereocenters. The minimum atomic E-state index is -0.00775. The minimum absolute atomic E-state index is 0.00775. The third-order valence-corrected chi connectivity index (χ3v) is 7.96. The van der Waals surface area contributed by atoms with Gasteiger partial charge in [0.1, 0.15) is 0 Å². The van der Waals surface area contributed by atoms with E-state index in [0.717, 1.165) is 36.5 Å². The molecule has 0 amide bonds. The van der Waals surface area contributed by atoms with Gasteiger partial charge in [-0.2, -0.15) is 0 Å². The fraction of sp³-hybridized carbons (Fsp3) is 0.895. The Hall–Kier alpha value is -0.300. The van der Waals surface area contributed by atoms with Crippen molar-refractivity contribution >= 4 is 0 Å². The molecule has 20 heavy (non-hydrogen) atoms. The molecule has 4 rings (SSSR count). The van der Waals surface area contributed by atoms with E-state index in [-0.39, 0.29) is 6.10 Å². The van der Waals surface area contributed by atoms with Crippen LogP contribution in [0, 0.1) is 34.5 Å². The average molecular weight is 274 g/mol. The highest BCUT2D eigenvalue weighted by Crippen LogP contribution is 2.64. The van der Waals surface area contributed by atoms with Gasteiger partial charge in [-0.15, -0.1) is 0 Å². The lowest BCUT2D eigenvalue weighted by atomic mass is 9.45. The fourth-order valence-electron chi connectivity index (χ4n) is 6.72. The Kier molecular flexibility index (Phi) is 2.91. The van der Waals surface area contributed by atoms with E-state index < -0.39 is 0 Å². The second-order valence-electron chi connectivity index (χ2n) is 8.77. The van der Waals surface area contributed by atoms with Gasteiger partial charge in [-0.25, -0.2) is 0 Å². The van der Waals surface area contributed by atoms with Crippen LogP contribution in [0.3, 0.4) is 0 Å². The summed E-state index contributed by atoms with van der Waals surface area (Å²) in [5, 5.41) is 10.0. The Morgan fingerprint density at radius 3 is 2.70 bits per heavy atom. The van der Waals surface area contributed by atoms with Gasteiger partial charge in [0.25, 0.3) is 0 Å². The summed E-state index contributed by atoms with van der Waals surface area (Å²) >= 11 is 0. The molecular formula is C19H30O. The van der Waals surface area contributed by atoms with Crippen LogP contribution in [0.2, 0.25) is 0 Å². The van der Waals surface area contributed by atoms with Crippen LogP contribution < -0.4 is 0 Å². The highest BCUT2D eigenvalue weighted by Gasteiger charge is 2.56. The molecule has 4 aliphatic rings. The van der Waals surface area contributed by atoms with E-state index in [1.54, 1.807) is 0 Å². The molecule has 3 unspecified atom stereocenters. The zero-order valence-corrected chi connectivity index (χ0v) is 13.1. The van der Waals surface area contributed by atoms with Gasteiger partial charge in [0.15, 0.2) is 0 Å². The molecule has 3 fully saturated rings. The zero-order chi connectivity index (χ0) is 14.0. The Morgan fingerprint density at radius 2 is 1.85 bits per heavy atom. The van der Waals surface area contributed by atoms with Crippen LogP contribution in [0.5, 0.6) is 0 Å². The van der Waals surface area contributed by atoms with Crippen LogP contribution in [0.1, 0.15) is 65.2 Å². The standard InChI is InChI=1S/C19H30O/c1-18-9-3-4-16(18)15-6-5-13-12-14(20)7-11-19(13,2)17(15)8-10-18/h3,9,13-17,20H,4-8,10-12H2,1-2H3/t13-,14+,15?,16?,17?,18-,19-/m0/s1. The van der Waals surface area contributed by atoms with Gasteiger partial charge in [0.05, 0.1) is 6.10 Å². The summed E-state index contributed by atoms with van der Waals surface area (Å²) in [7, 11) is 0. The molecular weight excluding hydrogens is 244 g/mol. The number of aliphatic hydroxyl groups is 1. The maximum atomic E-state index is 10.0. The van der Waals surface area contributed by atoms with Crippen molar-refractivity contribution in [1.82, 2.24) is 0 Å². The summed E-state index contributed by atoms with van der Waals surface area (Å²) in [5.41, 5.74) is 1.05. The van der Waals surface area contributed by atoms with E-state index in [2.05, 4.69) is 26.0 Å². The van der Waals surface area contributed by atoms with Gasteiger partial charge in [-0.05, 0) is 85.9 Å². The summed E-state index contributed by atoms with van der Waals surface area (Å²) in [6, 6.07) is 0. The molecule has 0 bridgehead atoms. The molecule has 0 aromatic rings. The minimum Gasteiger partial charge on any atom is -0.393 e. The molecule has 0 spiro atoms. The second-order valence-corrected chi connectivity index (χ2v) is 8.77. The predicted molar refractivity (Wildman–Crippen MR) is 82.3 cm³/mol. The predicted octanol–water partition coefficient (Wildman–Crippen LogP) is 4.56. The van der Waals surface area contributed by atoms with Crippen LogP contribution >= 0.6 is 0 Å². The monoisotopic (exact) mass is 274 g/mol. The number of allylic oxidation sites excluding steroid dienone is 2.